The van der Waals surface area contributed by atoms with Gasteiger partial charge in [0.1, 0.15) is 11.8 Å². The highest BCUT2D eigenvalue weighted by Gasteiger charge is 2.23. The van der Waals surface area contributed by atoms with Gasteiger partial charge in [0.2, 0.25) is 5.69 Å². The van der Waals surface area contributed by atoms with Gasteiger partial charge in [0.25, 0.3) is 0 Å². The normalized spacial score (nSPS) is 14.6. The Morgan fingerprint density at radius 1 is 0.919 bits per heavy atom. The van der Waals surface area contributed by atoms with Gasteiger partial charge < -0.3 is 10.3 Å². The number of fused-ring (bicyclic) bond motifs is 1. The second kappa shape index (κ2) is 9.80. The van der Waals surface area contributed by atoms with E-state index in [0.717, 1.165) is 60.5 Å². The zero-order chi connectivity index (χ0) is 25.2. The largest absolute Gasteiger partial charge is 0.382 e. The van der Waals surface area contributed by atoms with Crippen molar-refractivity contribution >= 4 is 22.7 Å². The van der Waals surface area contributed by atoms with Crippen LogP contribution in [0.1, 0.15) is 24.4 Å². The van der Waals surface area contributed by atoms with E-state index < -0.39 is 0 Å². The molecule has 5 aromatic rings. The summed E-state index contributed by atoms with van der Waals surface area (Å²) in [7, 11) is 0. The topological polar surface area (TPSA) is 90.1 Å². The molecule has 6 rings (SSSR count). The maximum absolute atomic E-state index is 7.39. The fourth-order valence-corrected chi connectivity index (χ4v) is 5.10. The van der Waals surface area contributed by atoms with E-state index in [1.807, 2.05) is 30.6 Å². The van der Waals surface area contributed by atoms with E-state index in [1.54, 1.807) is 6.20 Å². The van der Waals surface area contributed by atoms with Crippen molar-refractivity contribution in [1.29, 1.82) is 0 Å². The summed E-state index contributed by atoms with van der Waals surface area (Å²) < 4.78 is 2.15. The molecule has 0 aliphatic carbocycles. The third-order valence-corrected chi connectivity index (χ3v) is 7.06. The molecule has 0 spiro atoms. The molecule has 1 saturated heterocycles. The van der Waals surface area contributed by atoms with Crippen LogP contribution in [0, 0.1) is 6.57 Å². The highest BCUT2D eigenvalue weighted by molar-refractivity contribution is 5.83. The molecule has 8 heteroatoms. The Balaban J connectivity index is 1.15. The molecule has 2 aromatic carbocycles. The molecule has 182 valence electrons. The van der Waals surface area contributed by atoms with Crippen molar-refractivity contribution in [2.45, 2.75) is 25.4 Å². The number of rotatable bonds is 5. The third-order valence-electron chi connectivity index (χ3n) is 7.06. The lowest BCUT2D eigenvalue weighted by Gasteiger charge is -2.32. The van der Waals surface area contributed by atoms with Gasteiger partial charge in [0.15, 0.2) is 11.5 Å². The second-order valence-electron chi connectivity index (χ2n) is 9.35. The van der Waals surface area contributed by atoms with Crippen LogP contribution in [-0.4, -0.2) is 42.5 Å². The van der Waals surface area contributed by atoms with Gasteiger partial charge >= 0.3 is 0 Å². The van der Waals surface area contributed by atoms with Crippen molar-refractivity contribution < 1.29 is 0 Å². The summed E-state index contributed by atoms with van der Waals surface area (Å²) in [5.74, 6) is 0.429. The van der Waals surface area contributed by atoms with Crippen molar-refractivity contribution in [1.82, 2.24) is 29.4 Å². The lowest BCUT2D eigenvalue weighted by atomic mass is 9.98. The zero-order valence-electron chi connectivity index (χ0n) is 20.3. The first-order chi connectivity index (χ1) is 18.2. The molecule has 1 aliphatic heterocycles. The number of piperidine rings is 1. The first-order valence-electron chi connectivity index (χ1n) is 12.4. The Hall–Kier alpha value is -4.61. The summed E-state index contributed by atoms with van der Waals surface area (Å²) in [6.07, 6.45) is 7.07. The number of hydrogen-bond acceptors (Lipinski definition) is 6. The number of aromatic nitrogens is 5. The highest BCUT2D eigenvalue weighted by Crippen LogP contribution is 2.34. The van der Waals surface area contributed by atoms with Gasteiger partial charge in [-0.15, -0.1) is 0 Å². The van der Waals surface area contributed by atoms with Crippen LogP contribution in [0.4, 0.5) is 11.5 Å². The number of benzene rings is 2. The Kier molecular flexibility index (Phi) is 6.05. The molecule has 0 unspecified atom stereocenters. The first kappa shape index (κ1) is 22.8. The summed E-state index contributed by atoms with van der Waals surface area (Å²) in [6.45, 7) is 10.3. The fourth-order valence-electron chi connectivity index (χ4n) is 5.10. The summed E-state index contributed by atoms with van der Waals surface area (Å²) in [4.78, 5) is 23.6. The van der Waals surface area contributed by atoms with E-state index in [0.29, 0.717) is 23.1 Å². The number of imidazole rings is 1. The average molecular weight is 487 g/mol. The number of nitrogens with zero attached hydrogens (tertiary/aromatic N) is 7. The second-order valence-corrected chi connectivity index (χ2v) is 9.35. The molecular weight excluding hydrogens is 460 g/mol. The number of hydrogen-bond donors (Lipinski definition) is 1. The van der Waals surface area contributed by atoms with Gasteiger partial charge in [-0.05, 0) is 35.6 Å². The Morgan fingerprint density at radius 3 is 2.46 bits per heavy atom. The quantitative estimate of drug-likeness (QED) is 0.329. The summed E-state index contributed by atoms with van der Waals surface area (Å²) in [5.41, 5.74) is 13.2. The van der Waals surface area contributed by atoms with E-state index in [2.05, 4.69) is 70.6 Å². The molecular formula is C29H26N8. The minimum atomic E-state index is 0.360. The molecule has 8 nitrogen and oxygen atoms in total. The maximum Gasteiger partial charge on any atom is 0.205 e. The molecule has 1 aliphatic rings. The number of anilines is 1. The van der Waals surface area contributed by atoms with Crippen LogP contribution >= 0.6 is 0 Å². The van der Waals surface area contributed by atoms with E-state index in [9.17, 15) is 0 Å². The lowest BCUT2D eigenvalue weighted by molar-refractivity contribution is 0.181. The van der Waals surface area contributed by atoms with Gasteiger partial charge in [-0.2, -0.15) is 0 Å². The van der Waals surface area contributed by atoms with Crippen molar-refractivity contribution in [2.75, 3.05) is 18.8 Å². The molecule has 3 aromatic heterocycles. The Labute approximate surface area is 215 Å². The van der Waals surface area contributed by atoms with Crippen molar-refractivity contribution in [3.8, 4) is 22.4 Å². The van der Waals surface area contributed by atoms with Crippen LogP contribution in [0.3, 0.4) is 0 Å². The number of nitrogen functional groups attached to an aromatic ring is 1. The van der Waals surface area contributed by atoms with Crippen LogP contribution in [0.25, 0.3) is 38.4 Å². The fraction of sp³-hybridized carbons (Fsp3) is 0.207. The van der Waals surface area contributed by atoms with Crippen LogP contribution in [0.2, 0.25) is 0 Å². The zero-order valence-corrected chi connectivity index (χ0v) is 20.3. The number of pyridine rings is 1. The minimum Gasteiger partial charge on any atom is -0.382 e. The maximum atomic E-state index is 7.39. The Morgan fingerprint density at radius 2 is 1.70 bits per heavy atom. The lowest BCUT2D eigenvalue weighted by Crippen LogP contribution is -2.34. The van der Waals surface area contributed by atoms with Gasteiger partial charge in [0, 0.05) is 37.4 Å². The predicted octanol–water partition coefficient (Wildman–Crippen LogP) is 5.53. The number of nitrogens with two attached hydrogens (primary N) is 1. The van der Waals surface area contributed by atoms with Crippen LogP contribution in [0.15, 0.2) is 79.5 Å². The van der Waals surface area contributed by atoms with Crippen molar-refractivity contribution in [3.05, 3.63) is 96.5 Å². The van der Waals surface area contributed by atoms with E-state index in [1.165, 1.54) is 11.9 Å². The van der Waals surface area contributed by atoms with E-state index >= 15 is 0 Å². The van der Waals surface area contributed by atoms with E-state index in [-0.39, 0.29) is 0 Å². The highest BCUT2D eigenvalue weighted by atomic mass is 15.2. The molecule has 0 radical (unpaired) electrons. The SMILES string of the molecule is [C-]#[N+]c1cnc(-c2ccc(CN3CCC(n4cnc5c(N)ncnc54)CC3)cc2)c(-c2ccccc2)c1. The van der Waals surface area contributed by atoms with Crippen LogP contribution < -0.4 is 5.73 Å². The standard InChI is InChI=1S/C29H26N8/c1-31-23-15-25(21-5-3-2-4-6-21)26(32-16-23)22-9-7-20(8-10-22)17-36-13-11-24(12-14-36)37-19-35-27-28(30)33-18-34-29(27)37/h2-10,15-16,18-19,24H,11-14,17H2,(H2,30,33,34). The smallest absolute Gasteiger partial charge is 0.205 e. The molecule has 4 heterocycles. The molecule has 0 amide bonds. The summed E-state index contributed by atoms with van der Waals surface area (Å²) in [6, 6.07) is 21.0. The molecule has 0 saturated carbocycles. The van der Waals surface area contributed by atoms with Gasteiger partial charge in [-0.1, -0.05) is 54.6 Å². The third kappa shape index (κ3) is 4.53. The monoisotopic (exact) mass is 486 g/mol. The molecule has 0 atom stereocenters. The van der Waals surface area contributed by atoms with Crippen LogP contribution in [-0.2, 0) is 6.54 Å². The van der Waals surface area contributed by atoms with Gasteiger partial charge in [-0.25, -0.2) is 19.8 Å². The minimum absolute atomic E-state index is 0.360. The molecule has 1 fully saturated rings. The summed E-state index contributed by atoms with van der Waals surface area (Å²) in [5, 5.41) is 0. The summed E-state index contributed by atoms with van der Waals surface area (Å²) >= 11 is 0. The average Bonchev–Trinajstić information content (AvgIpc) is 3.40. The molecule has 0 bridgehead atoms. The predicted molar refractivity (Wildman–Crippen MR) is 145 cm³/mol. The molecule has 37 heavy (non-hydrogen) atoms. The van der Waals surface area contributed by atoms with Crippen LogP contribution in [0.5, 0.6) is 0 Å². The number of likely N-dealkylation sites (tertiary alicyclic amines) is 1. The van der Waals surface area contributed by atoms with Crippen molar-refractivity contribution in [3.63, 3.8) is 0 Å². The van der Waals surface area contributed by atoms with Gasteiger partial charge in [0.05, 0.1) is 18.6 Å². The molecule has 2 N–H and O–H groups in total. The van der Waals surface area contributed by atoms with Crippen molar-refractivity contribution in [2.24, 2.45) is 0 Å². The Bertz CT molecular complexity index is 1580. The first-order valence-corrected chi connectivity index (χ1v) is 12.4. The van der Waals surface area contributed by atoms with E-state index in [4.69, 9.17) is 12.3 Å². The van der Waals surface area contributed by atoms with Gasteiger partial charge in [-0.3, -0.25) is 9.88 Å².